The van der Waals surface area contributed by atoms with Gasteiger partial charge in [-0.3, -0.25) is 14.5 Å². The molecule has 0 N–H and O–H groups in total. The maximum Gasteiger partial charge on any atom is 0.295 e. The van der Waals surface area contributed by atoms with Crippen LogP contribution in [0.3, 0.4) is 0 Å². The lowest BCUT2D eigenvalue weighted by atomic mass is 9.97. The van der Waals surface area contributed by atoms with E-state index < -0.39 is 6.04 Å². The summed E-state index contributed by atoms with van der Waals surface area (Å²) in [5, 5.41) is 0.448. The van der Waals surface area contributed by atoms with E-state index in [1.54, 1.807) is 36.3 Å². The summed E-state index contributed by atoms with van der Waals surface area (Å²) in [5.74, 6) is 0.928. The average Bonchev–Trinajstić information content (AvgIpc) is 3.21. The van der Waals surface area contributed by atoms with Crippen LogP contribution in [-0.2, 0) is 0 Å². The van der Waals surface area contributed by atoms with Crippen molar-refractivity contribution in [3.8, 4) is 11.5 Å². The van der Waals surface area contributed by atoms with Crippen LogP contribution in [0.1, 0.15) is 65.9 Å². The second kappa shape index (κ2) is 10.5. The first-order valence-corrected chi connectivity index (χ1v) is 12.8. The maximum absolute atomic E-state index is 13.8. The highest BCUT2D eigenvalue weighted by atomic mass is 16.5. The van der Waals surface area contributed by atoms with Gasteiger partial charge in [-0.1, -0.05) is 56.5 Å². The van der Waals surface area contributed by atoms with Crippen molar-refractivity contribution >= 4 is 22.6 Å². The lowest BCUT2D eigenvalue weighted by Crippen LogP contribution is -2.29. The van der Waals surface area contributed by atoms with Gasteiger partial charge in [0.05, 0.1) is 30.7 Å². The van der Waals surface area contributed by atoms with E-state index in [-0.39, 0.29) is 17.1 Å². The minimum absolute atomic E-state index is 0.0745. The van der Waals surface area contributed by atoms with E-state index in [0.29, 0.717) is 40.3 Å². The number of carbonyl (C=O) groups is 1. The summed E-state index contributed by atoms with van der Waals surface area (Å²) < 4.78 is 17.7. The van der Waals surface area contributed by atoms with E-state index in [2.05, 4.69) is 6.92 Å². The van der Waals surface area contributed by atoms with E-state index in [4.69, 9.17) is 13.9 Å². The molecule has 0 fully saturated rings. The molecule has 0 radical (unpaired) electrons. The van der Waals surface area contributed by atoms with Crippen LogP contribution in [0, 0.1) is 6.92 Å². The van der Waals surface area contributed by atoms with E-state index in [1.807, 2.05) is 49.4 Å². The SMILES string of the molecule is CCCCCCOc1ccc(C2c3c(oc4ccccc4c3=O)C(=O)N2c2cccc(C)c2)cc1OC. The number of hydrogen-bond acceptors (Lipinski definition) is 5. The first-order valence-electron chi connectivity index (χ1n) is 12.8. The molecule has 5 rings (SSSR count). The number of para-hydroxylation sites is 1. The Hall–Kier alpha value is -4.06. The van der Waals surface area contributed by atoms with Crippen molar-refractivity contribution < 1.29 is 18.7 Å². The number of unbranched alkanes of at least 4 members (excludes halogenated alkanes) is 3. The molecule has 2 heterocycles. The second-order valence-corrected chi connectivity index (χ2v) is 9.41. The highest BCUT2D eigenvalue weighted by molar-refractivity contribution is 6.10. The van der Waals surface area contributed by atoms with Gasteiger partial charge in [-0.2, -0.15) is 0 Å². The van der Waals surface area contributed by atoms with Gasteiger partial charge in [0.25, 0.3) is 5.91 Å². The van der Waals surface area contributed by atoms with Gasteiger partial charge in [0.2, 0.25) is 5.76 Å². The summed E-state index contributed by atoms with van der Waals surface area (Å²) in [5.41, 5.74) is 2.97. The van der Waals surface area contributed by atoms with Crippen LogP contribution in [0.15, 0.2) is 75.9 Å². The van der Waals surface area contributed by atoms with Crippen molar-refractivity contribution in [2.45, 2.75) is 45.6 Å². The molecule has 0 bridgehead atoms. The zero-order chi connectivity index (χ0) is 25.9. The average molecular weight is 498 g/mol. The van der Waals surface area contributed by atoms with Gasteiger partial charge in [-0.15, -0.1) is 0 Å². The molecule has 190 valence electrons. The minimum Gasteiger partial charge on any atom is -0.493 e. The van der Waals surface area contributed by atoms with Gasteiger partial charge in [0, 0.05) is 5.69 Å². The number of hydrogen-bond donors (Lipinski definition) is 0. The fourth-order valence-electron chi connectivity index (χ4n) is 4.96. The predicted molar refractivity (Wildman–Crippen MR) is 145 cm³/mol. The van der Waals surface area contributed by atoms with Crippen LogP contribution >= 0.6 is 0 Å². The van der Waals surface area contributed by atoms with Crippen molar-refractivity contribution in [2.24, 2.45) is 0 Å². The number of rotatable bonds is 9. The molecule has 4 aromatic rings. The zero-order valence-corrected chi connectivity index (χ0v) is 21.5. The highest BCUT2D eigenvalue weighted by Crippen LogP contribution is 2.43. The molecule has 0 spiro atoms. The van der Waals surface area contributed by atoms with Crippen LogP contribution in [0.5, 0.6) is 11.5 Å². The number of aryl methyl sites for hydroxylation is 1. The van der Waals surface area contributed by atoms with Gasteiger partial charge in [-0.25, -0.2) is 0 Å². The molecule has 1 aliphatic rings. The molecular formula is C31H31NO5. The number of benzene rings is 3. The largest absolute Gasteiger partial charge is 0.493 e. The Balaban J connectivity index is 1.62. The lowest BCUT2D eigenvalue weighted by molar-refractivity contribution is 0.0971. The third-order valence-electron chi connectivity index (χ3n) is 6.82. The Morgan fingerprint density at radius 3 is 2.54 bits per heavy atom. The van der Waals surface area contributed by atoms with Crippen LogP contribution in [0.25, 0.3) is 11.0 Å². The summed E-state index contributed by atoms with van der Waals surface area (Å²) in [7, 11) is 1.59. The van der Waals surface area contributed by atoms with E-state index in [0.717, 1.165) is 24.0 Å². The van der Waals surface area contributed by atoms with Gasteiger partial charge >= 0.3 is 0 Å². The van der Waals surface area contributed by atoms with Crippen LogP contribution < -0.4 is 19.8 Å². The molecule has 0 saturated heterocycles. The van der Waals surface area contributed by atoms with Crippen LogP contribution in [-0.4, -0.2) is 19.6 Å². The molecule has 6 nitrogen and oxygen atoms in total. The molecule has 1 atom stereocenters. The number of amides is 1. The number of nitrogens with zero attached hydrogens (tertiary/aromatic N) is 1. The molecule has 0 saturated carbocycles. The number of fused-ring (bicyclic) bond motifs is 2. The fourth-order valence-corrected chi connectivity index (χ4v) is 4.96. The minimum atomic E-state index is -0.669. The third-order valence-corrected chi connectivity index (χ3v) is 6.82. The first kappa shape index (κ1) is 24.6. The number of anilines is 1. The van der Waals surface area contributed by atoms with Crippen LogP contribution in [0.4, 0.5) is 5.69 Å². The molecule has 6 heteroatoms. The third kappa shape index (κ3) is 4.59. The quantitative estimate of drug-likeness (QED) is 0.237. The second-order valence-electron chi connectivity index (χ2n) is 9.41. The fraction of sp³-hybridized carbons (Fsp3) is 0.290. The Morgan fingerprint density at radius 2 is 1.76 bits per heavy atom. The number of methoxy groups -OCH3 is 1. The van der Waals surface area contributed by atoms with Gasteiger partial charge < -0.3 is 13.9 Å². The van der Waals surface area contributed by atoms with Gasteiger partial charge in [0.15, 0.2) is 16.9 Å². The highest BCUT2D eigenvalue weighted by Gasteiger charge is 2.44. The molecule has 3 aromatic carbocycles. The zero-order valence-electron chi connectivity index (χ0n) is 21.5. The molecular weight excluding hydrogens is 466 g/mol. The Morgan fingerprint density at radius 1 is 0.919 bits per heavy atom. The van der Waals surface area contributed by atoms with Crippen LogP contribution in [0.2, 0.25) is 0 Å². The Kier molecular flexibility index (Phi) is 6.99. The van der Waals surface area contributed by atoms with Crippen molar-refractivity contribution in [3.63, 3.8) is 0 Å². The van der Waals surface area contributed by atoms with E-state index >= 15 is 0 Å². The summed E-state index contributed by atoms with van der Waals surface area (Å²) in [6, 6.07) is 19.7. The molecule has 37 heavy (non-hydrogen) atoms. The molecule has 1 aromatic heterocycles. The monoisotopic (exact) mass is 497 g/mol. The summed E-state index contributed by atoms with van der Waals surface area (Å²) in [4.78, 5) is 29.2. The topological polar surface area (TPSA) is 69.0 Å². The number of carbonyl (C=O) groups excluding carboxylic acids is 1. The summed E-state index contributed by atoms with van der Waals surface area (Å²) >= 11 is 0. The maximum atomic E-state index is 13.8. The molecule has 0 aliphatic carbocycles. The predicted octanol–water partition coefficient (Wildman–Crippen LogP) is 6.82. The normalized spacial score (nSPS) is 14.7. The summed E-state index contributed by atoms with van der Waals surface area (Å²) in [6.45, 7) is 4.75. The van der Waals surface area contributed by atoms with E-state index in [9.17, 15) is 9.59 Å². The smallest absolute Gasteiger partial charge is 0.295 e. The van der Waals surface area contributed by atoms with Gasteiger partial charge in [0.1, 0.15) is 5.58 Å². The van der Waals surface area contributed by atoms with Gasteiger partial charge in [-0.05, 0) is 60.9 Å². The first-order chi connectivity index (χ1) is 18.0. The molecule has 1 aliphatic heterocycles. The lowest BCUT2D eigenvalue weighted by Gasteiger charge is -2.26. The van der Waals surface area contributed by atoms with Crippen molar-refractivity contribution in [2.75, 3.05) is 18.6 Å². The molecule has 1 amide bonds. The Labute approximate surface area is 216 Å². The molecule has 1 unspecified atom stereocenters. The van der Waals surface area contributed by atoms with Crippen molar-refractivity contribution in [1.82, 2.24) is 0 Å². The standard InChI is InChI=1S/C31H31NO5/c1-4-5-6-9-17-36-25-16-15-21(19-26(25)35-3)28-27-29(33)23-13-7-8-14-24(23)37-30(27)31(34)32(28)22-12-10-11-20(2)18-22/h7-8,10-16,18-19,28H,4-6,9,17H2,1-3H3. The van der Waals surface area contributed by atoms with Crippen molar-refractivity contribution in [1.29, 1.82) is 0 Å². The number of ether oxygens (including phenoxy) is 2. The summed E-state index contributed by atoms with van der Waals surface area (Å²) in [6.07, 6.45) is 4.44. The van der Waals surface area contributed by atoms with E-state index in [1.165, 1.54) is 12.8 Å². The Bertz CT molecular complexity index is 1510. The van der Waals surface area contributed by atoms with Crippen molar-refractivity contribution in [3.05, 3.63) is 99.4 Å².